The van der Waals surface area contributed by atoms with E-state index in [0.29, 0.717) is 18.1 Å². The van der Waals surface area contributed by atoms with Gasteiger partial charge >= 0.3 is 0 Å². The summed E-state index contributed by atoms with van der Waals surface area (Å²) in [5.41, 5.74) is 3.31. The molecule has 6 heteroatoms. The van der Waals surface area contributed by atoms with Crippen molar-refractivity contribution in [2.75, 3.05) is 6.61 Å². The van der Waals surface area contributed by atoms with Crippen LogP contribution < -0.4 is 9.47 Å². The van der Waals surface area contributed by atoms with Crippen LogP contribution in [0.15, 0.2) is 18.2 Å². The molecule has 0 aromatic heterocycles. The molecule has 0 bridgehead atoms. The Kier molecular flexibility index (Phi) is 4.39. The maximum atomic E-state index is 6.23. The highest BCUT2D eigenvalue weighted by Gasteiger charge is 2.31. The monoisotopic (exact) mass is 376 g/mol. The molecule has 1 atom stereocenters. The van der Waals surface area contributed by atoms with E-state index in [4.69, 9.17) is 55.9 Å². The van der Waals surface area contributed by atoms with Gasteiger partial charge in [0.2, 0.25) is 0 Å². The maximum Gasteiger partial charge on any atom is 0.184 e. The van der Waals surface area contributed by atoms with Gasteiger partial charge in [0, 0.05) is 0 Å². The van der Waals surface area contributed by atoms with Crippen molar-refractivity contribution in [3.63, 3.8) is 0 Å². The van der Waals surface area contributed by atoms with Crippen molar-refractivity contribution in [2.24, 2.45) is 0 Å². The second kappa shape index (κ2) is 6.01. The van der Waals surface area contributed by atoms with E-state index < -0.39 is 0 Å². The minimum Gasteiger partial charge on any atom is -0.484 e. The van der Waals surface area contributed by atoms with Crippen molar-refractivity contribution < 1.29 is 9.47 Å². The van der Waals surface area contributed by atoms with Crippen LogP contribution in [-0.2, 0) is 0 Å². The number of aryl methyl sites for hydroxylation is 2. The third kappa shape index (κ3) is 2.63. The van der Waals surface area contributed by atoms with Crippen LogP contribution in [0.1, 0.15) is 22.8 Å². The molecule has 0 saturated heterocycles. The van der Waals surface area contributed by atoms with E-state index in [0.717, 1.165) is 16.7 Å². The topological polar surface area (TPSA) is 18.5 Å². The van der Waals surface area contributed by atoms with Crippen LogP contribution >= 0.6 is 46.4 Å². The van der Waals surface area contributed by atoms with Crippen molar-refractivity contribution in [1.82, 2.24) is 0 Å². The first-order valence-corrected chi connectivity index (χ1v) is 8.14. The molecule has 0 radical (unpaired) electrons. The third-order valence-electron chi connectivity index (χ3n) is 3.60. The van der Waals surface area contributed by atoms with Gasteiger partial charge in [-0.1, -0.05) is 70.2 Å². The molecule has 0 spiro atoms. The smallest absolute Gasteiger partial charge is 0.184 e. The minimum absolute atomic E-state index is 0.164. The van der Waals surface area contributed by atoms with Crippen molar-refractivity contribution in [2.45, 2.75) is 20.0 Å². The number of benzene rings is 2. The van der Waals surface area contributed by atoms with Crippen LogP contribution in [-0.4, -0.2) is 6.61 Å². The molecule has 22 heavy (non-hydrogen) atoms. The molecule has 2 nitrogen and oxygen atoms in total. The van der Waals surface area contributed by atoms with E-state index in [2.05, 4.69) is 12.1 Å². The average molecular weight is 378 g/mol. The standard InChI is InChI=1S/C16H12Cl4O2/c1-7-3-4-8(2)9(5-7)10-6-21-15-13(19)11(17)12(18)14(20)16(15)22-10/h3-5,10H,6H2,1-2H3. The van der Waals surface area contributed by atoms with Gasteiger partial charge in [0.05, 0.1) is 10.0 Å². The highest BCUT2D eigenvalue weighted by atomic mass is 35.5. The fraction of sp³-hybridized carbons (Fsp3) is 0.250. The zero-order valence-electron chi connectivity index (χ0n) is 11.8. The Morgan fingerprint density at radius 1 is 0.909 bits per heavy atom. The first-order chi connectivity index (χ1) is 10.4. The van der Waals surface area contributed by atoms with Gasteiger partial charge in [-0.2, -0.15) is 0 Å². The molecule has 2 aromatic rings. The van der Waals surface area contributed by atoms with Gasteiger partial charge < -0.3 is 9.47 Å². The zero-order valence-corrected chi connectivity index (χ0v) is 14.9. The van der Waals surface area contributed by atoms with Crippen LogP contribution in [0, 0.1) is 13.8 Å². The summed E-state index contributed by atoms with van der Waals surface area (Å²) in [6.07, 6.45) is -0.279. The van der Waals surface area contributed by atoms with Crippen molar-refractivity contribution in [1.29, 1.82) is 0 Å². The van der Waals surface area contributed by atoms with E-state index in [-0.39, 0.29) is 26.2 Å². The normalized spacial score (nSPS) is 16.7. The number of halogens is 4. The van der Waals surface area contributed by atoms with Crippen LogP contribution in [0.4, 0.5) is 0 Å². The lowest BCUT2D eigenvalue weighted by Crippen LogP contribution is -2.23. The maximum absolute atomic E-state index is 6.23. The Bertz CT molecular complexity index is 759. The summed E-state index contributed by atoms with van der Waals surface area (Å²) in [5.74, 6) is 0.667. The highest BCUT2D eigenvalue weighted by Crippen LogP contribution is 2.53. The number of ether oxygens (including phenoxy) is 2. The largest absolute Gasteiger partial charge is 0.484 e. The van der Waals surface area contributed by atoms with E-state index in [1.165, 1.54) is 0 Å². The van der Waals surface area contributed by atoms with Crippen LogP contribution in [0.25, 0.3) is 0 Å². The lowest BCUT2D eigenvalue weighted by atomic mass is 10.0. The highest BCUT2D eigenvalue weighted by molar-refractivity contribution is 6.53. The molecule has 1 unspecified atom stereocenters. The number of hydrogen-bond donors (Lipinski definition) is 0. The molecule has 0 amide bonds. The Morgan fingerprint density at radius 2 is 1.55 bits per heavy atom. The predicted octanol–water partition coefficient (Wildman–Crippen LogP) is 6.43. The fourth-order valence-electron chi connectivity index (χ4n) is 2.42. The van der Waals surface area contributed by atoms with E-state index >= 15 is 0 Å². The molecule has 0 fully saturated rings. The van der Waals surface area contributed by atoms with Crippen molar-refractivity contribution in [3.8, 4) is 11.5 Å². The molecule has 1 aliphatic heterocycles. The summed E-state index contributed by atoms with van der Waals surface area (Å²) in [6, 6.07) is 6.17. The van der Waals surface area contributed by atoms with Crippen molar-refractivity contribution >= 4 is 46.4 Å². The number of hydrogen-bond acceptors (Lipinski definition) is 2. The van der Waals surface area contributed by atoms with Gasteiger partial charge in [-0.25, -0.2) is 0 Å². The summed E-state index contributed by atoms with van der Waals surface area (Å²) in [4.78, 5) is 0. The van der Waals surface area contributed by atoms with Gasteiger partial charge in [-0.15, -0.1) is 0 Å². The summed E-state index contributed by atoms with van der Waals surface area (Å²) >= 11 is 24.5. The molecule has 1 aliphatic rings. The molecule has 2 aromatic carbocycles. The summed E-state index contributed by atoms with van der Waals surface area (Å²) in [6.45, 7) is 4.38. The summed E-state index contributed by atoms with van der Waals surface area (Å²) in [7, 11) is 0. The van der Waals surface area contributed by atoms with E-state index in [9.17, 15) is 0 Å². The Hall–Kier alpha value is -0.800. The molecule has 0 aliphatic carbocycles. The first kappa shape index (κ1) is 16.1. The Morgan fingerprint density at radius 3 is 2.23 bits per heavy atom. The number of fused-ring (bicyclic) bond motifs is 1. The lowest BCUT2D eigenvalue weighted by molar-refractivity contribution is 0.0911. The van der Waals surface area contributed by atoms with Gasteiger partial charge in [0.1, 0.15) is 16.7 Å². The average Bonchev–Trinajstić information content (AvgIpc) is 2.52. The third-order valence-corrected chi connectivity index (χ3v) is 5.37. The lowest BCUT2D eigenvalue weighted by Gasteiger charge is -2.29. The second-order valence-corrected chi connectivity index (χ2v) is 6.70. The first-order valence-electron chi connectivity index (χ1n) is 6.62. The predicted molar refractivity (Wildman–Crippen MR) is 91.3 cm³/mol. The van der Waals surface area contributed by atoms with Gasteiger partial charge in [-0.3, -0.25) is 0 Å². The molecular formula is C16H12Cl4O2. The molecule has 116 valence electrons. The molecule has 3 rings (SSSR count). The van der Waals surface area contributed by atoms with E-state index in [1.54, 1.807) is 0 Å². The SMILES string of the molecule is Cc1ccc(C)c(C2COc3c(Cl)c(Cl)c(Cl)c(Cl)c3O2)c1. The van der Waals surface area contributed by atoms with Crippen LogP contribution in [0.3, 0.4) is 0 Å². The van der Waals surface area contributed by atoms with Gasteiger partial charge in [-0.05, 0) is 25.0 Å². The molecule has 1 heterocycles. The minimum atomic E-state index is -0.279. The molecule has 0 saturated carbocycles. The second-order valence-electron chi connectivity index (χ2n) is 5.19. The quantitative estimate of drug-likeness (QED) is 0.421. The number of rotatable bonds is 1. The zero-order chi connectivity index (χ0) is 16.0. The molecular weight excluding hydrogens is 366 g/mol. The van der Waals surface area contributed by atoms with Crippen LogP contribution in [0.2, 0.25) is 20.1 Å². The van der Waals surface area contributed by atoms with Crippen molar-refractivity contribution in [3.05, 3.63) is 55.0 Å². The van der Waals surface area contributed by atoms with Gasteiger partial charge in [0.15, 0.2) is 17.6 Å². The Labute approximate surface area is 148 Å². The molecule has 0 N–H and O–H groups in total. The summed E-state index contributed by atoms with van der Waals surface area (Å²) in [5, 5.41) is 0.754. The fourth-order valence-corrected chi connectivity index (χ4v) is 3.34. The van der Waals surface area contributed by atoms with Gasteiger partial charge in [0.25, 0.3) is 0 Å². The van der Waals surface area contributed by atoms with E-state index in [1.807, 2.05) is 19.9 Å². The van der Waals surface area contributed by atoms with Crippen LogP contribution in [0.5, 0.6) is 11.5 Å². The Balaban J connectivity index is 2.06. The summed E-state index contributed by atoms with van der Waals surface area (Å²) < 4.78 is 11.8.